The number of oxazole rings is 1. The molecule has 0 spiro atoms. The minimum absolute atomic E-state index is 0.317. The Morgan fingerprint density at radius 2 is 2.11 bits per heavy atom. The van der Waals surface area contributed by atoms with Crippen LogP contribution in [0.15, 0.2) is 51.2 Å². The van der Waals surface area contributed by atoms with Crippen LogP contribution in [0, 0.1) is 11.3 Å². The van der Waals surface area contributed by atoms with Crippen molar-refractivity contribution in [2.24, 2.45) is 0 Å². The van der Waals surface area contributed by atoms with E-state index in [2.05, 4.69) is 9.97 Å². The second kappa shape index (κ2) is 4.92. The quantitative estimate of drug-likeness (QED) is 0.715. The summed E-state index contributed by atoms with van der Waals surface area (Å²) in [5, 5.41) is 10.2. The lowest BCUT2D eigenvalue weighted by Crippen LogP contribution is -1.85. The average molecular weight is 288 g/mol. The van der Waals surface area contributed by atoms with Gasteiger partial charge < -0.3 is 4.42 Å². The maximum atomic E-state index is 8.91. The number of aromatic nitrogens is 2. The number of rotatable bonds is 2. The molecule has 0 aliphatic carbocycles. The van der Waals surface area contributed by atoms with Gasteiger partial charge in [0.05, 0.1) is 10.6 Å². The normalized spacial score (nSPS) is 10.5. The van der Waals surface area contributed by atoms with E-state index in [0.29, 0.717) is 26.4 Å². The molecule has 0 aliphatic heterocycles. The Morgan fingerprint density at radius 1 is 1.26 bits per heavy atom. The Morgan fingerprint density at radius 3 is 2.89 bits per heavy atom. The van der Waals surface area contributed by atoms with Crippen molar-refractivity contribution in [1.29, 1.82) is 5.26 Å². The van der Waals surface area contributed by atoms with Crippen molar-refractivity contribution in [3.8, 4) is 6.07 Å². The number of pyridine rings is 1. The fourth-order valence-corrected chi connectivity index (χ4v) is 2.58. The summed E-state index contributed by atoms with van der Waals surface area (Å²) in [6, 6.07) is 11.1. The van der Waals surface area contributed by atoms with Gasteiger partial charge in [-0.05, 0) is 30.0 Å². The lowest BCUT2D eigenvalue weighted by atomic mass is 10.3. The zero-order valence-electron chi connectivity index (χ0n) is 9.50. The van der Waals surface area contributed by atoms with E-state index in [1.54, 1.807) is 6.07 Å². The third kappa shape index (κ3) is 2.28. The molecule has 4 nitrogen and oxygen atoms in total. The molecule has 92 valence electrons. The summed E-state index contributed by atoms with van der Waals surface area (Å²) >= 11 is 7.28. The predicted octanol–water partition coefficient (Wildman–Crippen LogP) is 3.90. The van der Waals surface area contributed by atoms with Crippen LogP contribution in [-0.2, 0) is 0 Å². The van der Waals surface area contributed by atoms with E-state index in [0.717, 1.165) is 5.52 Å². The molecular weight excluding hydrogens is 282 g/mol. The molecule has 0 aliphatic rings. The van der Waals surface area contributed by atoms with Crippen LogP contribution in [0.5, 0.6) is 0 Å². The van der Waals surface area contributed by atoms with Gasteiger partial charge in [-0.2, -0.15) is 5.26 Å². The highest BCUT2D eigenvalue weighted by Crippen LogP contribution is 2.34. The molecule has 0 N–H and O–H groups in total. The van der Waals surface area contributed by atoms with E-state index in [-0.39, 0.29) is 0 Å². The largest absolute Gasteiger partial charge is 0.431 e. The van der Waals surface area contributed by atoms with Crippen molar-refractivity contribution >= 4 is 34.5 Å². The molecule has 6 heteroatoms. The molecule has 0 bridgehead atoms. The predicted molar refractivity (Wildman–Crippen MR) is 72.1 cm³/mol. The molecular formula is C13H6ClN3OS. The third-order valence-electron chi connectivity index (χ3n) is 2.44. The van der Waals surface area contributed by atoms with E-state index in [9.17, 15) is 0 Å². The first-order valence-electron chi connectivity index (χ1n) is 5.36. The molecule has 0 unspecified atom stereocenters. The van der Waals surface area contributed by atoms with Gasteiger partial charge in [0.2, 0.25) is 0 Å². The Bertz CT molecular complexity index is 761. The van der Waals surface area contributed by atoms with Crippen molar-refractivity contribution in [3.63, 3.8) is 0 Å². The Hall–Kier alpha value is -2.03. The van der Waals surface area contributed by atoms with Crippen LogP contribution in [-0.4, -0.2) is 9.97 Å². The summed E-state index contributed by atoms with van der Waals surface area (Å²) < 4.78 is 5.57. The Kier molecular flexibility index (Phi) is 3.11. The standard InChI is InChI=1S/C13H6ClN3OS/c14-11-8(7-15)5-6-16-12(11)19-13-17-9-3-1-2-4-10(9)18-13/h1-6H. The van der Waals surface area contributed by atoms with Gasteiger partial charge in [0.15, 0.2) is 5.58 Å². The number of hydrogen-bond acceptors (Lipinski definition) is 5. The molecule has 0 saturated carbocycles. The van der Waals surface area contributed by atoms with Gasteiger partial charge in [-0.15, -0.1) is 0 Å². The van der Waals surface area contributed by atoms with E-state index >= 15 is 0 Å². The van der Waals surface area contributed by atoms with Gasteiger partial charge in [-0.25, -0.2) is 9.97 Å². The third-order valence-corrected chi connectivity index (χ3v) is 3.78. The van der Waals surface area contributed by atoms with E-state index < -0.39 is 0 Å². The SMILES string of the molecule is N#Cc1ccnc(Sc2nc3ccccc3o2)c1Cl. The first kappa shape index (κ1) is 12.0. The fourth-order valence-electron chi connectivity index (χ4n) is 1.56. The van der Waals surface area contributed by atoms with Crippen LogP contribution in [0.25, 0.3) is 11.1 Å². The number of nitrogens with zero attached hydrogens (tertiary/aromatic N) is 3. The van der Waals surface area contributed by atoms with Crippen LogP contribution in [0.1, 0.15) is 5.56 Å². The summed E-state index contributed by atoms with van der Waals surface area (Å²) in [6.07, 6.45) is 1.54. The van der Waals surface area contributed by atoms with Crippen LogP contribution in [0.2, 0.25) is 5.02 Å². The lowest BCUT2D eigenvalue weighted by Gasteiger charge is -2.00. The maximum absolute atomic E-state index is 8.91. The number of nitriles is 1. The summed E-state index contributed by atoms with van der Waals surface area (Å²) in [4.78, 5) is 8.45. The number of hydrogen-bond donors (Lipinski definition) is 0. The maximum Gasteiger partial charge on any atom is 0.263 e. The summed E-state index contributed by atoms with van der Waals surface area (Å²) in [5.74, 6) is 0. The van der Waals surface area contributed by atoms with Crippen LogP contribution < -0.4 is 0 Å². The minimum atomic E-state index is 0.317. The van der Waals surface area contributed by atoms with Crippen molar-refractivity contribution in [1.82, 2.24) is 9.97 Å². The van der Waals surface area contributed by atoms with Crippen molar-refractivity contribution < 1.29 is 4.42 Å². The van der Waals surface area contributed by atoms with Gasteiger partial charge in [0.25, 0.3) is 5.22 Å². The van der Waals surface area contributed by atoms with E-state index in [1.165, 1.54) is 18.0 Å². The zero-order chi connectivity index (χ0) is 13.2. The molecule has 0 atom stereocenters. The van der Waals surface area contributed by atoms with Crippen LogP contribution in [0.4, 0.5) is 0 Å². The summed E-state index contributed by atoms with van der Waals surface area (Å²) in [7, 11) is 0. The number of fused-ring (bicyclic) bond motifs is 1. The molecule has 2 aromatic heterocycles. The fraction of sp³-hybridized carbons (Fsp3) is 0. The average Bonchev–Trinajstić information content (AvgIpc) is 2.83. The van der Waals surface area contributed by atoms with Gasteiger partial charge in [-0.3, -0.25) is 0 Å². The monoisotopic (exact) mass is 287 g/mol. The number of benzene rings is 1. The second-order valence-corrected chi connectivity index (χ2v) is 4.96. The molecule has 19 heavy (non-hydrogen) atoms. The molecule has 0 fully saturated rings. The topological polar surface area (TPSA) is 62.7 Å². The lowest BCUT2D eigenvalue weighted by molar-refractivity contribution is 0.489. The van der Waals surface area contributed by atoms with E-state index in [1.807, 2.05) is 30.3 Å². The molecule has 0 radical (unpaired) electrons. The van der Waals surface area contributed by atoms with Crippen molar-refractivity contribution in [3.05, 3.63) is 47.1 Å². The van der Waals surface area contributed by atoms with Gasteiger partial charge in [0, 0.05) is 6.20 Å². The van der Waals surface area contributed by atoms with E-state index in [4.69, 9.17) is 21.3 Å². The van der Waals surface area contributed by atoms with Crippen LogP contribution >= 0.6 is 23.4 Å². The highest BCUT2D eigenvalue weighted by molar-refractivity contribution is 7.99. The molecule has 2 heterocycles. The summed E-state index contributed by atoms with van der Waals surface area (Å²) in [5.41, 5.74) is 1.87. The van der Waals surface area contributed by atoms with Crippen molar-refractivity contribution in [2.75, 3.05) is 0 Å². The molecule has 1 aromatic carbocycles. The smallest absolute Gasteiger partial charge is 0.263 e. The summed E-state index contributed by atoms with van der Waals surface area (Å²) in [6.45, 7) is 0. The Balaban J connectivity index is 1.99. The van der Waals surface area contributed by atoms with Gasteiger partial charge in [-0.1, -0.05) is 23.7 Å². The molecule has 3 rings (SSSR count). The van der Waals surface area contributed by atoms with Crippen LogP contribution in [0.3, 0.4) is 0 Å². The number of halogens is 1. The molecule has 3 aromatic rings. The highest BCUT2D eigenvalue weighted by atomic mass is 35.5. The molecule has 0 saturated heterocycles. The minimum Gasteiger partial charge on any atom is -0.431 e. The zero-order valence-corrected chi connectivity index (χ0v) is 11.1. The first-order valence-corrected chi connectivity index (χ1v) is 6.55. The number of para-hydroxylation sites is 2. The second-order valence-electron chi connectivity index (χ2n) is 3.64. The van der Waals surface area contributed by atoms with Crippen molar-refractivity contribution in [2.45, 2.75) is 10.2 Å². The Labute approximate surface area is 118 Å². The highest BCUT2D eigenvalue weighted by Gasteiger charge is 2.13. The van der Waals surface area contributed by atoms with Gasteiger partial charge in [0.1, 0.15) is 16.6 Å². The first-order chi connectivity index (χ1) is 9.28. The molecule has 0 amide bonds. The van der Waals surface area contributed by atoms with Gasteiger partial charge >= 0.3 is 0 Å².